The fourth-order valence-electron chi connectivity index (χ4n) is 1.99. The predicted molar refractivity (Wildman–Crippen MR) is 80.3 cm³/mol. The van der Waals surface area contributed by atoms with Gasteiger partial charge in [0.05, 0.1) is 12.2 Å². The van der Waals surface area contributed by atoms with Crippen molar-refractivity contribution in [2.75, 3.05) is 19.0 Å². The first-order valence-electron chi connectivity index (χ1n) is 6.32. The van der Waals surface area contributed by atoms with Crippen LogP contribution in [0.3, 0.4) is 0 Å². The lowest BCUT2D eigenvalue weighted by Gasteiger charge is -2.20. The molecule has 0 spiro atoms. The molecule has 1 heterocycles. The van der Waals surface area contributed by atoms with Crippen molar-refractivity contribution in [1.29, 1.82) is 0 Å². The number of nitrogens with one attached hydrogen (secondary N) is 1. The van der Waals surface area contributed by atoms with Crippen LogP contribution in [0.4, 0.5) is 10.1 Å². The highest BCUT2D eigenvalue weighted by Gasteiger charge is 2.11. The smallest absolute Gasteiger partial charge is 0.146 e. The molecule has 2 rings (SSSR count). The molecule has 1 atom stereocenters. The van der Waals surface area contributed by atoms with E-state index in [1.54, 1.807) is 17.4 Å². The van der Waals surface area contributed by atoms with Gasteiger partial charge in [0.15, 0.2) is 0 Å². The van der Waals surface area contributed by atoms with E-state index < -0.39 is 0 Å². The van der Waals surface area contributed by atoms with E-state index in [1.165, 1.54) is 4.88 Å². The topological polar surface area (TPSA) is 15.3 Å². The molecule has 2 nitrogen and oxygen atoms in total. The standard InChI is InChI=1S/C15H19FN2S/c1-11(17-2)12-6-7-15(14(16)9-12)18(3)10-13-5-4-8-19-13/h4-9,11,17H,10H2,1-3H3. The Morgan fingerprint density at radius 2 is 2.16 bits per heavy atom. The number of nitrogens with zero attached hydrogens (tertiary/aromatic N) is 1. The maximum Gasteiger partial charge on any atom is 0.146 e. The van der Waals surface area contributed by atoms with Crippen LogP contribution in [0.1, 0.15) is 23.4 Å². The van der Waals surface area contributed by atoms with Gasteiger partial charge in [-0.15, -0.1) is 11.3 Å². The number of hydrogen-bond acceptors (Lipinski definition) is 3. The SMILES string of the molecule is CNC(C)c1ccc(N(C)Cc2cccs2)c(F)c1. The summed E-state index contributed by atoms with van der Waals surface area (Å²) in [5.41, 5.74) is 1.61. The van der Waals surface area contributed by atoms with Crippen molar-refractivity contribution in [3.63, 3.8) is 0 Å². The molecule has 1 N–H and O–H groups in total. The molecule has 4 heteroatoms. The van der Waals surface area contributed by atoms with Gasteiger partial charge in [0.25, 0.3) is 0 Å². The van der Waals surface area contributed by atoms with Crippen LogP contribution in [0.15, 0.2) is 35.7 Å². The van der Waals surface area contributed by atoms with E-state index in [9.17, 15) is 4.39 Å². The quantitative estimate of drug-likeness (QED) is 0.895. The van der Waals surface area contributed by atoms with E-state index in [-0.39, 0.29) is 11.9 Å². The molecule has 0 radical (unpaired) electrons. The van der Waals surface area contributed by atoms with Crippen LogP contribution in [0, 0.1) is 5.82 Å². The highest BCUT2D eigenvalue weighted by molar-refractivity contribution is 7.09. The molecule has 0 fully saturated rings. The first-order chi connectivity index (χ1) is 9.11. The molecule has 1 unspecified atom stereocenters. The predicted octanol–water partition coefficient (Wildman–Crippen LogP) is 3.80. The molecule has 1 aromatic heterocycles. The van der Waals surface area contributed by atoms with Gasteiger partial charge in [-0.1, -0.05) is 12.1 Å². The Hall–Kier alpha value is -1.39. The molecule has 0 aliphatic heterocycles. The molecule has 0 aliphatic carbocycles. The summed E-state index contributed by atoms with van der Waals surface area (Å²) in [6.07, 6.45) is 0. The minimum Gasteiger partial charge on any atom is -0.367 e. The zero-order valence-corrected chi connectivity index (χ0v) is 12.3. The lowest BCUT2D eigenvalue weighted by Crippen LogP contribution is -2.18. The second-order valence-electron chi connectivity index (χ2n) is 4.66. The van der Waals surface area contributed by atoms with Crippen molar-refractivity contribution in [2.24, 2.45) is 0 Å². The van der Waals surface area contributed by atoms with Crippen molar-refractivity contribution in [2.45, 2.75) is 19.5 Å². The third kappa shape index (κ3) is 3.33. The van der Waals surface area contributed by atoms with Gasteiger partial charge in [-0.2, -0.15) is 0 Å². The fourth-order valence-corrected chi connectivity index (χ4v) is 2.75. The van der Waals surface area contributed by atoms with E-state index in [0.29, 0.717) is 5.69 Å². The second kappa shape index (κ2) is 6.17. The number of benzene rings is 1. The first kappa shape index (κ1) is 14.0. The Labute approximate surface area is 117 Å². The van der Waals surface area contributed by atoms with Crippen LogP contribution in [0.25, 0.3) is 0 Å². The monoisotopic (exact) mass is 278 g/mol. The molecule has 0 amide bonds. The van der Waals surface area contributed by atoms with Gasteiger partial charge in [0, 0.05) is 18.0 Å². The minimum atomic E-state index is -0.168. The fraction of sp³-hybridized carbons (Fsp3) is 0.333. The highest BCUT2D eigenvalue weighted by atomic mass is 32.1. The van der Waals surface area contributed by atoms with Gasteiger partial charge in [-0.25, -0.2) is 4.39 Å². The summed E-state index contributed by atoms with van der Waals surface area (Å²) in [4.78, 5) is 3.17. The number of hydrogen-bond donors (Lipinski definition) is 1. The third-order valence-electron chi connectivity index (χ3n) is 3.29. The molecule has 2 aromatic rings. The van der Waals surface area contributed by atoms with E-state index in [0.717, 1.165) is 12.1 Å². The van der Waals surface area contributed by atoms with Crippen LogP contribution in [0.5, 0.6) is 0 Å². The van der Waals surface area contributed by atoms with E-state index in [2.05, 4.69) is 11.4 Å². The van der Waals surface area contributed by atoms with Gasteiger partial charge in [0.1, 0.15) is 5.82 Å². The summed E-state index contributed by atoms with van der Waals surface area (Å²) >= 11 is 1.69. The summed E-state index contributed by atoms with van der Waals surface area (Å²) < 4.78 is 14.2. The van der Waals surface area contributed by atoms with Crippen LogP contribution in [-0.2, 0) is 6.54 Å². The average molecular weight is 278 g/mol. The Bertz CT molecular complexity index is 525. The first-order valence-corrected chi connectivity index (χ1v) is 7.20. The van der Waals surface area contributed by atoms with Gasteiger partial charge < -0.3 is 10.2 Å². The number of rotatable bonds is 5. The van der Waals surface area contributed by atoms with Crippen molar-refractivity contribution in [3.05, 3.63) is 52.0 Å². The van der Waals surface area contributed by atoms with Crippen molar-refractivity contribution < 1.29 is 4.39 Å². The van der Waals surface area contributed by atoms with E-state index in [4.69, 9.17) is 0 Å². The molecule has 0 saturated carbocycles. The number of thiophene rings is 1. The Kier molecular flexibility index (Phi) is 4.56. The normalized spacial score (nSPS) is 12.4. The Morgan fingerprint density at radius 3 is 2.74 bits per heavy atom. The van der Waals surface area contributed by atoms with Crippen molar-refractivity contribution in [1.82, 2.24) is 5.32 Å². The molecule has 1 aromatic carbocycles. The maximum atomic E-state index is 14.2. The lowest BCUT2D eigenvalue weighted by atomic mass is 10.1. The molecular weight excluding hydrogens is 259 g/mol. The lowest BCUT2D eigenvalue weighted by molar-refractivity contribution is 0.605. The molecule has 0 saturated heterocycles. The van der Waals surface area contributed by atoms with Crippen molar-refractivity contribution >= 4 is 17.0 Å². The largest absolute Gasteiger partial charge is 0.367 e. The zero-order chi connectivity index (χ0) is 13.8. The van der Waals surface area contributed by atoms with Crippen LogP contribution in [-0.4, -0.2) is 14.1 Å². The highest BCUT2D eigenvalue weighted by Crippen LogP contribution is 2.24. The van der Waals surface area contributed by atoms with Gasteiger partial charge >= 0.3 is 0 Å². The molecule has 0 bridgehead atoms. The van der Waals surface area contributed by atoms with Gasteiger partial charge in [-0.3, -0.25) is 0 Å². The van der Waals surface area contributed by atoms with E-state index in [1.807, 2.05) is 49.5 Å². The zero-order valence-electron chi connectivity index (χ0n) is 11.5. The van der Waals surface area contributed by atoms with E-state index >= 15 is 0 Å². The Morgan fingerprint density at radius 1 is 1.37 bits per heavy atom. The Balaban J connectivity index is 2.16. The summed E-state index contributed by atoms with van der Waals surface area (Å²) in [6.45, 7) is 2.75. The summed E-state index contributed by atoms with van der Waals surface area (Å²) in [5.74, 6) is -0.168. The summed E-state index contributed by atoms with van der Waals surface area (Å²) in [6, 6.07) is 9.68. The third-order valence-corrected chi connectivity index (χ3v) is 4.15. The minimum absolute atomic E-state index is 0.158. The van der Waals surface area contributed by atoms with Gasteiger partial charge in [0.2, 0.25) is 0 Å². The number of anilines is 1. The van der Waals surface area contributed by atoms with Crippen molar-refractivity contribution in [3.8, 4) is 0 Å². The van der Waals surface area contributed by atoms with Gasteiger partial charge in [-0.05, 0) is 43.1 Å². The molecule has 19 heavy (non-hydrogen) atoms. The van der Waals surface area contributed by atoms with Crippen LogP contribution >= 0.6 is 11.3 Å². The maximum absolute atomic E-state index is 14.2. The molecular formula is C15H19FN2S. The van der Waals surface area contributed by atoms with Crippen LogP contribution < -0.4 is 10.2 Å². The summed E-state index contributed by atoms with van der Waals surface area (Å²) in [7, 11) is 3.79. The average Bonchev–Trinajstić information content (AvgIpc) is 2.90. The van der Waals surface area contributed by atoms with Crippen LogP contribution in [0.2, 0.25) is 0 Å². The summed E-state index contributed by atoms with van der Waals surface area (Å²) in [5, 5.41) is 5.15. The molecule has 102 valence electrons. The second-order valence-corrected chi connectivity index (χ2v) is 5.69. The molecule has 0 aliphatic rings. The number of halogens is 1.